The molecule has 1 atom stereocenters. The lowest BCUT2D eigenvalue weighted by Crippen LogP contribution is -2.23. The van der Waals surface area contributed by atoms with Gasteiger partial charge < -0.3 is 5.32 Å². The molecule has 0 spiro atoms. The minimum absolute atomic E-state index is 0.424. The van der Waals surface area contributed by atoms with Gasteiger partial charge in [0.05, 0.1) is 0 Å². The van der Waals surface area contributed by atoms with Gasteiger partial charge in [0.1, 0.15) is 0 Å². The minimum atomic E-state index is 0.424. The van der Waals surface area contributed by atoms with E-state index in [1.807, 2.05) is 0 Å². The van der Waals surface area contributed by atoms with Crippen molar-refractivity contribution in [2.75, 3.05) is 11.5 Å². The van der Waals surface area contributed by atoms with Crippen LogP contribution < -0.4 is 5.32 Å². The zero-order valence-electron chi connectivity index (χ0n) is 12.8. The maximum Gasteiger partial charge on any atom is 0.0414 e. The number of benzene rings is 2. The number of rotatable bonds is 9. The van der Waals surface area contributed by atoms with Gasteiger partial charge in [0.15, 0.2) is 0 Å². The summed E-state index contributed by atoms with van der Waals surface area (Å²) in [6, 6.07) is 21.8. The maximum atomic E-state index is 3.71. The topological polar surface area (TPSA) is 12.0 Å². The summed E-state index contributed by atoms with van der Waals surface area (Å²) < 4.78 is 0. The van der Waals surface area contributed by atoms with Crippen molar-refractivity contribution in [3.8, 4) is 0 Å². The van der Waals surface area contributed by atoms with Crippen molar-refractivity contribution in [2.45, 2.75) is 32.4 Å². The molecule has 2 heteroatoms. The molecule has 0 aliphatic rings. The molecule has 1 N–H and O–H groups in total. The second-order valence-corrected chi connectivity index (χ2v) is 6.41. The van der Waals surface area contributed by atoms with Crippen LogP contribution in [0.5, 0.6) is 0 Å². The molecule has 0 amide bonds. The number of nitrogens with one attached hydrogen (secondary N) is 1. The van der Waals surface area contributed by atoms with Crippen LogP contribution in [0, 0.1) is 0 Å². The summed E-state index contributed by atoms with van der Waals surface area (Å²) in [5.74, 6) is 2.39. The Morgan fingerprint density at radius 2 is 1.62 bits per heavy atom. The van der Waals surface area contributed by atoms with E-state index in [1.54, 1.807) is 0 Å². The Kier molecular flexibility index (Phi) is 7.41. The second-order valence-electron chi connectivity index (χ2n) is 5.26. The van der Waals surface area contributed by atoms with E-state index in [9.17, 15) is 0 Å². The highest BCUT2D eigenvalue weighted by Gasteiger charge is 2.10. The molecule has 0 saturated carbocycles. The predicted octanol–water partition coefficient (Wildman–Crippen LogP) is 5.05. The Hall–Kier alpha value is -1.25. The maximum absolute atomic E-state index is 3.71. The van der Waals surface area contributed by atoms with Gasteiger partial charge in [-0.05, 0) is 23.3 Å². The summed E-state index contributed by atoms with van der Waals surface area (Å²) in [6.07, 6.45) is 2.59. The first-order valence-corrected chi connectivity index (χ1v) is 8.95. The molecular formula is C19H25NS. The van der Waals surface area contributed by atoms with Crippen molar-refractivity contribution >= 4 is 11.8 Å². The van der Waals surface area contributed by atoms with Gasteiger partial charge in [0.25, 0.3) is 0 Å². The molecule has 0 aliphatic heterocycles. The fourth-order valence-electron chi connectivity index (χ4n) is 2.24. The fraction of sp³-hybridized carbons (Fsp3) is 0.368. The van der Waals surface area contributed by atoms with E-state index in [2.05, 4.69) is 84.7 Å². The second kappa shape index (κ2) is 9.64. The Morgan fingerprint density at radius 1 is 0.952 bits per heavy atom. The molecule has 0 aliphatic carbocycles. The van der Waals surface area contributed by atoms with Crippen LogP contribution in [0.25, 0.3) is 0 Å². The van der Waals surface area contributed by atoms with Crippen LogP contribution in [0.2, 0.25) is 0 Å². The summed E-state index contributed by atoms with van der Waals surface area (Å²) in [5.41, 5.74) is 2.73. The summed E-state index contributed by atoms with van der Waals surface area (Å²) in [7, 11) is 0. The van der Waals surface area contributed by atoms with Crippen molar-refractivity contribution in [2.24, 2.45) is 0 Å². The van der Waals surface area contributed by atoms with Crippen molar-refractivity contribution < 1.29 is 0 Å². The van der Waals surface area contributed by atoms with Crippen LogP contribution in [0.4, 0.5) is 0 Å². The molecule has 1 unspecified atom stereocenters. The average molecular weight is 299 g/mol. The van der Waals surface area contributed by atoms with Gasteiger partial charge in [-0.15, -0.1) is 0 Å². The number of hydrogen-bond donors (Lipinski definition) is 1. The molecule has 21 heavy (non-hydrogen) atoms. The summed E-state index contributed by atoms with van der Waals surface area (Å²) in [5, 5.41) is 3.71. The molecule has 0 bridgehead atoms. The SMILES string of the molecule is CCCCSCC(NCc1ccccc1)c1ccccc1. The third-order valence-corrected chi connectivity index (χ3v) is 4.67. The predicted molar refractivity (Wildman–Crippen MR) is 94.7 cm³/mol. The summed E-state index contributed by atoms with van der Waals surface area (Å²) in [6.45, 7) is 3.18. The van der Waals surface area contributed by atoms with Crippen molar-refractivity contribution in [1.29, 1.82) is 0 Å². The molecular weight excluding hydrogens is 274 g/mol. The van der Waals surface area contributed by atoms with Gasteiger partial charge in [0, 0.05) is 18.3 Å². The van der Waals surface area contributed by atoms with Crippen molar-refractivity contribution in [1.82, 2.24) is 5.32 Å². The molecule has 1 nitrogen and oxygen atoms in total. The molecule has 0 aromatic heterocycles. The zero-order valence-corrected chi connectivity index (χ0v) is 13.6. The summed E-state index contributed by atoms with van der Waals surface area (Å²) >= 11 is 2.05. The lowest BCUT2D eigenvalue weighted by Gasteiger charge is -2.19. The third-order valence-electron chi connectivity index (χ3n) is 3.52. The number of thioether (sulfide) groups is 1. The summed E-state index contributed by atoms with van der Waals surface area (Å²) in [4.78, 5) is 0. The fourth-order valence-corrected chi connectivity index (χ4v) is 3.45. The smallest absolute Gasteiger partial charge is 0.0414 e. The Balaban J connectivity index is 1.92. The molecule has 0 saturated heterocycles. The van der Waals surface area contributed by atoms with E-state index < -0.39 is 0 Å². The first-order valence-electron chi connectivity index (χ1n) is 7.80. The van der Waals surface area contributed by atoms with Crippen LogP contribution >= 0.6 is 11.8 Å². The third kappa shape index (κ3) is 5.94. The monoisotopic (exact) mass is 299 g/mol. The first-order chi connectivity index (χ1) is 10.4. The van der Waals surface area contributed by atoms with E-state index in [0.29, 0.717) is 6.04 Å². The Morgan fingerprint density at radius 3 is 2.29 bits per heavy atom. The van der Waals surface area contributed by atoms with Crippen LogP contribution in [0.3, 0.4) is 0 Å². The molecule has 2 aromatic carbocycles. The van der Waals surface area contributed by atoms with Crippen LogP contribution in [0.15, 0.2) is 60.7 Å². The van der Waals surface area contributed by atoms with Crippen LogP contribution in [-0.2, 0) is 6.54 Å². The molecule has 2 rings (SSSR count). The van der Waals surface area contributed by atoms with Gasteiger partial charge in [-0.25, -0.2) is 0 Å². The quantitative estimate of drug-likeness (QED) is 0.650. The zero-order chi connectivity index (χ0) is 14.8. The van der Waals surface area contributed by atoms with E-state index >= 15 is 0 Å². The standard InChI is InChI=1S/C19H25NS/c1-2-3-14-21-16-19(18-12-8-5-9-13-18)20-15-17-10-6-4-7-11-17/h4-13,19-20H,2-3,14-16H2,1H3. The van der Waals surface area contributed by atoms with Gasteiger partial charge in [-0.2, -0.15) is 11.8 Å². The molecule has 0 fully saturated rings. The highest BCUT2D eigenvalue weighted by Crippen LogP contribution is 2.19. The van der Waals surface area contributed by atoms with Gasteiger partial charge in [0.2, 0.25) is 0 Å². The van der Waals surface area contributed by atoms with Crippen LogP contribution in [0.1, 0.15) is 36.9 Å². The van der Waals surface area contributed by atoms with Crippen LogP contribution in [-0.4, -0.2) is 11.5 Å². The lowest BCUT2D eigenvalue weighted by molar-refractivity contribution is 0.582. The minimum Gasteiger partial charge on any atom is -0.305 e. The van der Waals surface area contributed by atoms with E-state index in [4.69, 9.17) is 0 Å². The van der Waals surface area contributed by atoms with Gasteiger partial charge in [-0.1, -0.05) is 74.0 Å². The van der Waals surface area contributed by atoms with Gasteiger partial charge >= 0.3 is 0 Å². The van der Waals surface area contributed by atoms with Crippen molar-refractivity contribution in [3.63, 3.8) is 0 Å². The highest BCUT2D eigenvalue weighted by atomic mass is 32.2. The van der Waals surface area contributed by atoms with E-state index in [0.717, 1.165) is 12.3 Å². The number of unbranched alkanes of at least 4 members (excludes halogenated alkanes) is 1. The normalized spacial score (nSPS) is 12.2. The van der Waals surface area contributed by atoms with Gasteiger partial charge in [-0.3, -0.25) is 0 Å². The van der Waals surface area contributed by atoms with E-state index in [-0.39, 0.29) is 0 Å². The number of hydrogen-bond acceptors (Lipinski definition) is 2. The van der Waals surface area contributed by atoms with Crippen molar-refractivity contribution in [3.05, 3.63) is 71.8 Å². The molecule has 2 aromatic rings. The molecule has 0 radical (unpaired) electrons. The first kappa shape index (κ1) is 16.1. The van der Waals surface area contributed by atoms with E-state index in [1.165, 1.54) is 29.7 Å². The average Bonchev–Trinajstić information content (AvgIpc) is 2.56. The lowest BCUT2D eigenvalue weighted by atomic mass is 10.1. The molecule has 0 heterocycles. The Labute approximate surface area is 133 Å². The largest absolute Gasteiger partial charge is 0.305 e. The highest BCUT2D eigenvalue weighted by molar-refractivity contribution is 7.99. The Bertz CT molecular complexity index is 483. The molecule has 112 valence electrons.